The Kier molecular flexibility index (Phi) is 20.5. The van der Waals surface area contributed by atoms with E-state index in [9.17, 15) is 9.59 Å². The van der Waals surface area contributed by atoms with Gasteiger partial charge in [-0.15, -0.1) is 0 Å². The number of rotatable bonds is 24. The smallest absolute Gasteiger partial charge is 0.260 e. The molecular formula is C40H69NO3. The summed E-state index contributed by atoms with van der Waals surface area (Å²) in [6.45, 7) is 9.06. The number of hydrogen-bond acceptors (Lipinski definition) is 3. The van der Waals surface area contributed by atoms with E-state index < -0.39 is 0 Å². The third-order valence-electron chi connectivity index (χ3n) is 10.7. The number of carbonyl (C=O) groups is 2. The van der Waals surface area contributed by atoms with E-state index in [-0.39, 0.29) is 11.8 Å². The Morgan fingerprint density at radius 1 is 0.795 bits per heavy atom. The van der Waals surface area contributed by atoms with Gasteiger partial charge in [-0.25, -0.2) is 0 Å². The average molecular weight is 612 g/mol. The molecule has 1 aromatic carbocycles. The van der Waals surface area contributed by atoms with Gasteiger partial charge in [-0.05, 0) is 54.7 Å². The first-order valence-corrected chi connectivity index (χ1v) is 18.9. The minimum Gasteiger partial charge on any atom is -0.497 e. The molecule has 0 heterocycles. The van der Waals surface area contributed by atoms with Gasteiger partial charge in [0, 0.05) is 19.0 Å². The summed E-state index contributed by atoms with van der Waals surface area (Å²) < 4.78 is 5.24. The summed E-state index contributed by atoms with van der Waals surface area (Å²) in [7, 11) is 1.59. The minimum atomic E-state index is -0.229. The molecule has 0 aliphatic heterocycles. The van der Waals surface area contributed by atoms with Gasteiger partial charge in [-0.3, -0.25) is 14.5 Å². The first-order valence-electron chi connectivity index (χ1n) is 18.9. The Morgan fingerprint density at radius 2 is 1.39 bits per heavy atom. The molecule has 4 nitrogen and oxygen atoms in total. The van der Waals surface area contributed by atoms with Crippen LogP contribution in [-0.4, -0.2) is 30.4 Å². The molecule has 1 aliphatic carbocycles. The van der Waals surface area contributed by atoms with E-state index in [0.29, 0.717) is 17.9 Å². The van der Waals surface area contributed by atoms with Gasteiger partial charge in [-0.2, -0.15) is 0 Å². The van der Waals surface area contributed by atoms with Crippen LogP contribution < -0.4 is 4.74 Å². The van der Waals surface area contributed by atoms with Crippen LogP contribution in [0.25, 0.3) is 0 Å². The maximum Gasteiger partial charge on any atom is 0.260 e. The van der Waals surface area contributed by atoms with Crippen molar-refractivity contribution in [2.24, 2.45) is 23.7 Å². The fraction of sp³-hybridized carbons (Fsp3) is 0.800. The third kappa shape index (κ3) is 14.5. The summed E-state index contributed by atoms with van der Waals surface area (Å²) >= 11 is 0. The number of carbonyl (C=O) groups excluding carboxylic acids is 2. The Hall–Kier alpha value is -1.84. The van der Waals surface area contributed by atoms with Crippen molar-refractivity contribution in [2.45, 2.75) is 169 Å². The molecule has 0 saturated heterocycles. The maximum atomic E-state index is 12.9. The number of amides is 2. The van der Waals surface area contributed by atoms with Gasteiger partial charge in [0.2, 0.25) is 5.91 Å². The van der Waals surface area contributed by atoms with Crippen molar-refractivity contribution in [1.82, 2.24) is 4.90 Å². The van der Waals surface area contributed by atoms with Crippen LogP contribution in [0.5, 0.6) is 5.75 Å². The van der Waals surface area contributed by atoms with Crippen molar-refractivity contribution in [3.05, 3.63) is 29.8 Å². The van der Waals surface area contributed by atoms with Gasteiger partial charge in [0.05, 0.1) is 7.11 Å². The van der Waals surface area contributed by atoms with Crippen LogP contribution in [0.4, 0.5) is 0 Å². The van der Waals surface area contributed by atoms with Crippen LogP contribution in [0.3, 0.4) is 0 Å². The topological polar surface area (TPSA) is 46.6 Å². The van der Waals surface area contributed by atoms with E-state index in [1.807, 2.05) is 6.07 Å². The van der Waals surface area contributed by atoms with Gasteiger partial charge >= 0.3 is 0 Å². The number of imide groups is 1. The summed E-state index contributed by atoms with van der Waals surface area (Å²) in [5.41, 5.74) is 0.504. The molecular weight excluding hydrogens is 542 g/mol. The number of methoxy groups -OCH3 is 1. The molecule has 3 atom stereocenters. The zero-order valence-electron chi connectivity index (χ0n) is 29.6. The van der Waals surface area contributed by atoms with Gasteiger partial charge in [0.15, 0.2) is 0 Å². The average Bonchev–Trinajstić information content (AvgIpc) is 3.03. The molecule has 0 bridgehead atoms. The maximum absolute atomic E-state index is 12.9. The molecule has 1 aromatic rings. The van der Waals surface area contributed by atoms with Crippen LogP contribution >= 0.6 is 0 Å². The van der Waals surface area contributed by atoms with E-state index in [1.165, 1.54) is 140 Å². The summed E-state index contributed by atoms with van der Waals surface area (Å²) in [6, 6.07) is 7.06. The second kappa shape index (κ2) is 23.5. The number of nitrogens with zero attached hydrogens (tertiary/aromatic N) is 1. The van der Waals surface area contributed by atoms with Crippen LogP contribution in [-0.2, 0) is 4.79 Å². The summed E-state index contributed by atoms with van der Waals surface area (Å²) in [5.74, 6) is 4.07. The zero-order chi connectivity index (χ0) is 32.0. The monoisotopic (exact) mass is 612 g/mol. The summed E-state index contributed by atoms with van der Waals surface area (Å²) in [5, 5.41) is 0. The van der Waals surface area contributed by atoms with Gasteiger partial charge in [-0.1, -0.05) is 155 Å². The first-order chi connectivity index (χ1) is 21.4. The Balaban J connectivity index is 1.64. The predicted octanol–water partition coefficient (Wildman–Crippen LogP) is 11.8. The van der Waals surface area contributed by atoms with Crippen molar-refractivity contribution in [3.8, 4) is 5.75 Å². The second-order valence-corrected chi connectivity index (χ2v) is 13.9. The Labute approximate surface area is 272 Å². The first kappa shape index (κ1) is 38.3. The quantitative estimate of drug-likeness (QED) is 0.109. The molecule has 2 amide bonds. The summed E-state index contributed by atoms with van der Waals surface area (Å²) in [4.78, 5) is 26.5. The molecule has 1 fully saturated rings. The number of hydrogen-bond donors (Lipinski definition) is 0. The molecule has 44 heavy (non-hydrogen) atoms. The van der Waals surface area contributed by atoms with Crippen molar-refractivity contribution >= 4 is 11.8 Å². The van der Waals surface area contributed by atoms with Crippen molar-refractivity contribution in [3.63, 3.8) is 0 Å². The SMILES string of the molecule is CCCC1CCCC(CCCCCCCCN(C(C)=O)C(=O)c2cccc(OC)c2)C1CCCCCCCCC(CC)CC. The van der Waals surface area contributed by atoms with Gasteiger partial charge < -0.3 is 4.74 Å². The molecule has 1 aliphatic rings. The normalized spacial score (nSPS) is 18.5. The predicted molar refractivity (Wildman–Crippen MR) is 187 cm³/mol. The second-order valence-electron chi connectivity index (χ2n) is 13.9. The van der Waals surface area contributed by atoms with Crippen molar-refractivity contribution in [1.29, 1.82) is 0 Å². The van der Waals surface area contributed by atoms with E-state index in [0.717, 1.165) is 36.5 Å². The molecule has 0 aromatic heterocycles. The van der Waals surface area contributed by atoms with Crippen LogP contribution in [0.1, 0.15) is 179 Å². The Bertz CT molecular complexity index is 892. The van der Waals surface area contributed by atoms with E-state index in [2.05, 4.69) is 20.8 Å². The van der Waals surface area contributed by atoms with Crippen LogP contribution in [0.15, 0.2) is 24.3 Å². The number of ether oxygens (including phenoxy) is 1. The lowest BCUT2D eigenvalue weighted by molar-refractivity contribution is -0.126. The van der Waals surface area contributed by atoms with E-state index >= 15 is 0 Å². The van der Waals surface area contributed by atoms with E-state index in [4.69, 9.17) is 4.74 Å². The van der Waals surface area contributed by atoms with Crippen molar-refractivity contribution in [2.75, 3.05) is 13.7 Å². The molecule has 0 spiro atoms. The van der Waals surface area contributed by atoms with Crippen LogP contribution in [0.2, 0.25) is 0 Å². The largest absolute Gasteiger partial charge is 0.497 e. The van der Waals surface area contributed by atoms with Crippen molar-refractivity contribution < 1.29 is 14.3 Å². The lowest BCUT2D eigenvalue weighted by Gasteiger charge is -2.39. The molecule has 1 saturated carbocycles. The highest BCUT2D eigenvalue weighted by molar-refractivity contribution is 6.04. The Morgan fingerprint density at radius 3 is 2.00 bits per heavy atom. The molecule has 0 N–H and O–H groups in total. The third-order valence-corrected chi connectivity index (χ3v) is 10.7. The molecule has 252 valence electrons. The molecule has 4 heteroatoms. The highest BCUT2D eigenvalue weighted by atomic mass is 16.5. The fourth-order valence-corrected chi connectivity index (χ4v) is 7.93. The minimum absolute atomic E-state index is 0.186. The fourth-order valence-electron chi connectivity index (χ4n) is 7.93. The standard InChI is InChI=1S/C40H69NO3/c1-6-23-35-26-21-27-36(39(35)30-19-15-10-9-13-17-24-34(7-2)8-3)25-18-14-11-12-16-20-31-41(33(4)42)40(43)37-28-22-29-38(32-37)44-5/h22,28-29,32,34-36,39H,6-21,23-27,30-31H2,1-5H3. The van der Waals surface area contributed by atoms with Gasteiger partial charge in [0.25, 0.3) is 5.91 Å². The lowest BCUT2D eigenvalue weighted by atomic mass is 9.67. The molecule has 2 rings (SSSR count). The van der Waals surface area contributed by atoms with Crippen LogP contribution in [0, 0.1) is 23.7 Å². The highest BCUT2D eigenvalue weighted by Crippen LogP contribution is 2.42. The molecule has 3 unspecified atom stereocenters. The summed E-state index contributed by atoms with van der Waals surface area (Å²) in [6.07, 6.45) is 30.0. The molecule has 0 radical (unpaired) electrons. The van der Waals surface area contributed by atoms with Gasteiger partial charge in [0.1, 0.15) is 5.75 Å². The lowest BCUT2D eigenvalue weighted by Crippen LogP contribution is -2.36. The number of unbranched alkanes of at least 4 members (excludes halogenated alkanes) is 10. The zero-order valence-corrected chi connectivity index (χ0v) is 29.6. The highest BCUT2D eigenvalue weighted by Gasteiger charge is 2.31. The number of benzene rings is 1. The van der Waals surface area contributed by atoms with E-state index in [1.54, 1.807) is 25.3 Å².